The van der Waals surface area contributed by atoms with Gasteiger partial charge in [-0.1, -0.05) is 50.8 Å². The van der Waals surface area contributed by atoms with Crippen molar-refractivity contribution in [2.45, 2.75) is 78.2 Å². The summed E-state index contributed by atoms with van der Waals surface area (Å²) >= 11 is 0. The van der Waals surface area contributed by atoms with Crippen LogP contribution < -0.4 is 10.6 Å². The fourth-order valence-electron chi connectivity index (χ4n) is 6.17. The molecular weight excluding hydrogens is 438 g/mol. The summed E-state index contributed by atoms with van der Waals surface area (Å²) < 4.78 is 5.46. The lowest BCUT2D eigenvalue weighted by Crippen LogP contribution is -2.51. The number of piperidine rings is 1. The Kier molecular flexibility index (Phi) is 7.70. The molecule has 0 atom stereocenters. The van der Waals surface area contributed by atoms with Gasteiger partial charge in [0.2, 0.25) is 5.91 Å². The largest absolute Gasteiger partial charge is 0.459 e. The summed E-state index contributed by atoms with van der Waals surface area (Å²) in [4.78, 5) is 30.2. The van der Waals surface area contributed by atoms with Crippen molar-refractivity contribution < 1.29 is 14.0 Å². The van der Waals surface area contributed by atoms with E-state index in [0.717, 1.165) is 57.4 Å². The van der Waals surface area contributed by atoms with Crippen LogP contribution in [0.2, 0.25) is 0 Å². The lowest BCUT2D eigenvalue weighted by atomic mass is 9.56. The van der Waals surface area contributed by atoms with Crippen LogP contribution in [0.1, 0.15) is 81.3 Å². The third-order valence-electron chi connectivity index (χ3n) is 8.84. The number of carbonyl (C=O) groups is 2. The zero-order valence-electron chi connectivity index (χ0n) is 21.6. The van der Waals surface area contributed by atoms with Crippen molar-refractivity contribution in [3.8, 4) is 0 Å². The molecule has 0 radical (unpaired) electrons. The zero-order valence-corrected chi connectivity index (χ0v) is 21.6. The molecule has 1 aliphatic heterocycles. The normalized spacial score (nSPS) is 19.4. The highest BCUT2D eigenvalue weighted by Crippen LogP contribution is 2.52. The number of amides is 2. The van der Waals surface area contributed by atoms with Gasteiger partial charge in [0.1, 0.15) is 0 Å². The lowest BCUT2D eigenvalue weighted by Gasteiger charge is -2.49. The third-order valence-corrected chi connectivity index (χ3v) is 8.84. The molecule has 35 heavy (non-hydrogen) atoms. The number of hydrogen-bond donors (Lipinski definition) is 1. The minimum Gasteiger partial charge on any atom is -0.459 e. The summed E-state index contributed by atoms with van der Waals surface area (Å²) in [6.45, 7) is 9.00. The molecule has 1 aromatic carbocycles. The van der Waals surface area contributed by atoms with E-state index in [4.69, 9.17) is 10.2 Å². The molecule has 0 bridgehead atoms. The molecule has 2 heterocycles. The maximum Gasteiger partial charge on any atom is 0.294 e. The molecule has 2 amide bonds. The third kappa shape index (κ3) is 5.32. The van der Waals surface area contributed by atoms with Gasteiger partial charge in [-0.2, -0.15) is 0 Å². The Bertz CT molecular complexity index is 983. The van der Waals surface area contributed by atoms with Crippen molar-refractivity contribution in [1.82, 2.24) is 4.90 Å². The van der Waals surface area contributed by atoms with Crippen LogP contribution in [0.3, 0.4) is 0 Å². The molecule has 2 aliphatic rings. The molecular formula is C29H41N3O3. The van der Waals surface area contributed by atoms with Crippen molar-refractivity contribution in [3.63, 3.8) is 0 Å². The van der Waals surface area contributed by atoms with Gasteiger partial charge in [-0.25, -0.2) is 0 Å². The standard InChI is InChI=1S/C29H41N3O3/c1-22-9-11-23(12-10-22)32(26(33)25-8-7-21-35-25)24-13-18-31(19-14-24)20-17-29(15-5-4-6-16-29)28(2,3)27(30)34/h7-12,21,24H,4-6,13-20H2,1-3H3,(H2,30,34). The fraction of sp³-hybridized carbons (Fsp3) is 0.586. The summed E-state index contributed by atoms with van der Waals surface area (Å²) in [6, 6.07) is 11.8. The summed E-state index contributed by atoms with van der Waals surface area (Å²) in [6.07, 6.45) is 10.1. The molecule has 6 heteroatoms. The SMILES string of the molecule is Cc1ccc(N(C(=O)c2ccco2)C2CCN(CCC3(C(C)(C)C(N)=O)CCCCC3)CC2)cc1. The number of nitrogens with two attached hydrogens (primary N) is 1. The Hall–Kier alpha value is -2.60. The molecule has 1 aliphatic carbocycles. The van der Waals surface area contributed by atoms with Crippen LogP contribution in [-0.2, 0) is 4.79 Å². The van der Waals surface area contributed by atoms with E-state index in [-0.39, 0.29) is 23.3 Å². The van der Waals surface area contributed by atoms with Crippen LogP contribution in [0.15, 0.2) is 47.1 Å². The number of nitrogens with zero attached hydrogens (tertiary/aromatic N) is 2. The predicted octanol–water partition coefficient (Wildman–Crippen LogP) is 5.55. The molecule has 2 fully saturated rings. The second-order valence-electron chi connectivity index (χ2n) is 11.1. The predicted molar refractivity (Wildman–Crippen MR) is 139 cm³/mol. The lowest BCUT2D eigenvalue weighted by molar-refractivity contribution is -0.136. The van der Waals surface area contributed by atoms with E-state index in [1.807, 2.05) is 30.9 Å². The highest BCUT2D eigenvalue weighted by atomic mass is 16.3. The Morgan fingerprint density at radius 3 is 2.31 bits per heavy atom. The number of rotatable bonds is 8. The highest BCUT2D eigenvalue weighted by molar-refractivity contribution is 6.04. The van der Waals surface area contributed by atoms with Crippen molar-refractivity contribution >= 4 is 17.5 Å². The second kappa shape index (κ2) is 10.6. The summed E-state index contributed by atoms with van der Waals surface area (Å²) in [5, 5.41) is 0. The van der Waals surface area contributed by atoms with Crippen LogP contribution in [-0.4, -0.2) is 42.4 Å². The van der Waals surface area contributed by atoms with E-state index in [1.54, 1.807) is 18.4 Å². The minimum absolute atomic E-state index is 0.0167. The zero-order chi connectivity index (χ0) is 25.1. The van der Waals surface area contributed by atoms with Crippen LogP contribution in [0.25, 0.3) is 0 Å². The molecule has 2 N–H and O–H groups in total. The van der Waals surface area contributed by atoms with Crippen LogP contribution in [0.5, 0.6) is 0 Å². The van der Waals surface area contributed by atoms with E-state index in [1.165, 1.54) is 24.8 Å². The van der Waals surface area contributed by atoms with Gasteiger partial charge < -0.3 is 20.0 Å². The Balaban J connectivity index is 1.43. The molecule has 1 saturated heterocycles. The number of aryl methyl sites for hydroxylation is 1. The number of hydrogen-bond acceptors (Lipinski definition) is 4. The smallest absolute Gasteiger partial charge is 0.294 e. The van der Waals surface area contributed by atoms with E-state index < -0.39 is 5.41 Å². The van der Waals surface area contributed by atoms with Crippen molar-refractivity contribution in [2.24, 2.45) is 16.6 Å². The van der Waals surface area contributed by atoms with Crippen LogP contribution >= 0.6 is 0 Å². The first-order valence-corrected chi connectivity index (χ1v) is 13.2. The summed E-state index contributed by atoms with van der Waals surface area (Å²) in [5.41, 5.74) is 7.46. The first-order chi connectivity index (χ1) is 16.7. The molecule has 0 spiro atoms. The van der Waals surface area contributed by atoms with Crippen LogP contribution in [0, 0.1) is 17.8 Å². The molecule has 6 nitrogen and oxygen atoms in total. The molecule has 1 aromatic heterocycles. The maximum absolute atomic E-state index is 13.4. The van der Waals surface area contributed by atoms with Crippen molar-refractivity contribution in [3.05, 3.63) is 54.0 Å². The van der Waals surface area contributed by atoms with Gasteiger partial charge in [0.15, 0.2) is 5.76 Å². The highest BCUT2D eigenvalue weighted by Gasteiger charge is 2.48. The maximum atomic E-state index is 13.4. The number of benzene rings is 1. The van der Waals surface area contributed by atoms with Crippen molar-refractivity contribution in [1.29, 1.82) is 0 Å². The van der Waals surface area contributed by atoms with Gasteiger partial charge in [0.25, 0.3) is 5.91 Å². The van der Waals surface area contributed by atoms with Crippen molar-refractivity contribution in [2.75, 3.05) is 24.5 Å². The summed E-state index contributed by atoms with van der Waals surface area (Å²) in [7, 11) is 0. The summed E-state index contributed by atoms with van der Waals surface area (Å²) in [5.74, 6) is 0.117. The van der Waals surface area contributed by atoms with Gasteiger partial charge in [-0.3, -0.25) is 9.59 Å². The molecule has 1 saturated carbocycles. The molecule has 4 rings (SSSR count). The number of likely N-dealkylation sites (tertiary alicyclic amines) is 1. The van der Waals surface area contributed by atoms with Gasteiger partial charge in [0, 0.05) is 30.2 Å². The Morgan fingerprint density at radius 2 is 1.74 bits per heavy atom. The van der Waals surface area contributed by atoms with Crippen LogP contribution in [0.4, 0.5) is 5.69 Å². The fourth-order valence-corrected chi connectivity index (χ4v) is 6.17. The monoisotopic (exact) mass is 479 g/mol. The topological polar surface area (TPSA) is 79.8 Å². The first kappa shape index (κ1) is 25.5. The average molecular weight is 480 g/mol. The molecule has 2 aromatic rings. The molecule has 0 unspecified atom stereocenters. The van der Waals surface area contributed by atoms with Gasteiger partial charge in [-0.15, -0.1) is 0 Å². The number of furan rings is 1. The van der Waals surface area contributed by atoms with E-state index >= 15 is 0 Å². The number of primary amides is 1. The van der Waals surface area contributed by atoms with E-state index in [9.17, 15) is 9.59 Å². The van der Waals surface area contributed by atoms with Gasteiger partial charge in [-0.05, 0) is 75.3 Å². The minimum atomic E-state index is -0.497. The Labute approximate surface area is 209 Å². The van der Waals surface area contributed by atoms with E-state index in [2.05, 4.69) is 24.0 Å². The first-order valence-electron chi connectivity index (χ1n) is 13.2. The quantitative estimate of drug-likeness (QED) is 0.538. The number of carbonyl (C=O) groups excluding carboxylic acids is 2. The van der Waals surface area contributed by atoms with E-state index in [0.29, 0.717) is 5.76 Å². The average Bonchev–Trinajstić information content (AvgIpc) is 3.40. The Morgan fingerprint density at radius 1 is 1.09 bits per heavy atom. The molecule has 190 valence electrons. The van der Waals surface area contributed by atoms with Gasteiger partial charge in [0.05, 0.1) is 6.26 Å². The second-order valence-corrected chi connectivity index (χ2v) is 11.1. The number of anilines is 1. The van der Waals surface area contributed by atoms with Gasteiger partial charge >= 0.3 is 0 Å².